The van der Waals surface area contributed by atoms with Gasteiger partial charge >= 0.3 is 0 Å². The first-order valence-electron chi connectivity index (χ1n) is 6.23. The predicted molar refractivity (Wildman–Crippen MR) is 85.6 cm³/mol. The summed E-state index contributed by atoms with van der Waals surface area (Å²) in [4.78, 5) is 14.0. The number of nitrogens with zero attached hydrogens (tertiary/aromatic N) is 1. The highest BCUT2D eigenvalue weighted by Gasteiger charge is 2.16. The number of amides is 1. The van der Waals surface area contributed by atoms with Crippen LogP contribution in [0.15, 0.2) is 28.7 Å². The van der Waals surface area contributed by atoms with Gasteiger partial charge in [0.15, 0.2) is 0 Å². The van der Waals surface area contributed by atoms with E-state index in [4.69, 9.17) is 0 Å². The van der Waals surface area contributed by atoms with Crippen LogP contribution < -0.4 is 5.32 Å². The molecule has 1 aromatic rings. The van der Waals surface area contributed by atoms with Gasteiger partial charge in [0.1, 0.15) is 0 Å². The Morgan fingerprint density at radius 3 is 2.37 bits per heavy atom. The van der Waals surface area contributed by atoms with Crippen LogP contribution in [0.1, 0.15) is 25.8 Å². The first kappa shape index (κ1) is 18.4. The Hall–Kier alpha value is -0.580. The van der Waals surface area contributed by atoms with Crippen LogP contribution in [0.5, 0.6) is 0 Å². The van der Waals surface area contributed by atoms with Crippen LogP contribution in [0.2, 0.25) is 0 Å². The summed E-state index contributed by atoms with van der Waals surface area (Å²) in [5.74, 6) is 0.197. The van der Waals surface area contributed by atoms with Crippen molar-refractivity contribution >= 4 is 34.2 Å². The molecule has 0 aromatic heterocycles. The van der Waals surface area contributed by atoms with E-state index in [1.807, 2.05) is 36.2 Å². The maximum absolute atomic E-state index is 12.1. The minimum absolute atomic E-state index is 0. The molecule has 0 aliphatic heterocycles. The van der Waals surface area contributed by atoms with Gasteiger partial charge in [0.05, 0.1) is 0 Å². The Labute approximate surface area is 130 Å². The Balaban J connectivity index is 0.00000324. The highest BCUT2D eigenvalue weighted by molar-refractivity contribution is 9.10. The second kappa shape index (κ2) is 9.34. The maximum atomic E-state index is 12.1. The summed E-state index contributed by atoms with van der Waals surface area (Å²) in [7, 11) is 1.86. The number of halogens is 2. The highest BCUT2D eigenvalue weighted by Crippen LogP contribution is 2.14. The minimum atomic E-state index is 0. The molecule has 0 bridgehead atoms. The number of nitrogens with one attached hydrogen (secondary N) is 1. The molecule has 0 aliphatic rings. The topological polar surface area (TPSA) is 32.3 Å². The number of hydrogen-bond donors (Lipinski definition) is 1. The molecule has 108 valence electrons. The molecule has 0 fully saturated rings. The van der Waals surface area contributed by atoms with Crippen molar-refractivity contribution in [3.63, 3.8) is 0 Å². The van der Waals surface area contributed by atoms with Crippen LogP contribution >= 0.6 is 28.3 Å². The van der Waals surface area contributed by atoms with Crippen LogP contribution in [0.25, 0.3) is 0 Å². The minimum Gasteiger partial charge on any atom is -0.336 e. The first-order chi connectivity index (χ1) is 8.54. The Bertz CT molecular complexity index is 382. The summed E-state index contributed by atoms with van der Waals surface area (Å²) >= 11 is 3.41. The number of benzene rings is 1. The molecular formula is C14H22BrClN2O. The summed E-state index contributed by atoms with van der Waals surface area (Å²) in [5, 5.41) is 3.01. The molecule has 19 heavy (non-hydrogen) atoms. The highest BCUT2D eigenvalue weighted by atomic mass is 79.9. The zero-order valence-electron chi connectivity index (χ0n) is 11.6. The molecule has 1 aromatic carbocycles. The third-order valence-corrected chi connectivity index (χ3v) is 3.33. The third kappa shape index (κ3) is 6.41. The van der Waals surface area contributed by atoms with Crippen molar-refractivity contribution in [2.75, 3.05) is 13.6 Å². The van der Waals surface area contributed by atoms with Crippen molar-refractivity contribution < 1.29 is 4.79 Å². The van der Waals surface area contributed by atoms with E-state index in [-0.39, 0.29) is 24.4 Å². The number of hydrogen-bond acceptors (Lipinski definition) is 2. The molecule has 0 spiro atoms. The van der Waals surface area contributed by atoms with E-state index in [1.165, 1.54) is 0 Å². The SMILES string of the molecule is CNCCC(=O)N(Cc1ccc(Br)cc1)C(C)C.Cl. The van der Waals surface area contributed by atoms with Crippen LogP contribution in [0.4, 0.5) is 0 Å². The van der Waals surface area contributed by atoms with Crippen molar-refractivity contribution in [3.05, 3.63) is 34.3 Å². The van der Waals surface area contributed by atoms with Crippen molar-refractivity contribution in [2.24, 2.45) is 0 Å². The molecule has 0 atom stereocenters. The van der Waals surface area contributed by atoms with Crippen LogP contribution in [-0.4, -0.2) is 30.4 Å². The van der Waals surface area contributed by atoms with E-state index < -0.39 is 0 Å². The standard InChI is InChI=1S/C14H21BrN2O.ClH/c1-11(2)17(14(18)8-9-16-3)10-12-4-6-13(15)7-5-12;/h4-7,11,16H,8-10H2,1-3H3;1H. The van der Waals surface area contributed by atoms with Gasteiger partial charge in [-0.25, -0.2) is 0 Å². The van der Waals surface area contributed by atoms with Crippen molar-refractivity contribution in [2.45, 2.75) is 32.9 Å². The van der Waals surface area contributed by atoms with Crippen molar-refractivity contribution in [1.82, 2.24) is 10.2 Å². The van der Waals surface area contributed by atoms with Gasteiger partial charge in [-0.2, -0.15) is 0 Å². The maximum Gasteiger partial charge on any atom is 0.224 e. The van der Waals surface area contributed by atoms with E-state index in [0.29, 0.717) is 13.0 Å². The van der Waals surface area contributed by atoms with Gasteiger partial charge in [-0.1, -0.05) is 28.1 Å². The van der Waals surface area contributed by atoms with Crippen molar-refractivity contribution in [1.29, 1.82) is 0 Å². The molecule has 1 N–H and O–H groups in total. The molecule has 0 saturated carbocycles. The molecule has 1 rings (SSSR count). The lowest BCUT2D eigenvalue weighted by atomic mass is 10.1. The zero-order chi connectivity index (χ0) is 13.5. The van der Waals surface area contributed by atoms with Crippen molar-refractivity contribution in [3.8, 4) is 0 Å². The molecule has 0 radical (unpaired) electrons. The van der Waals surface area contributed by atoms with Gasteiger partial charge < -0.3 is 10.2 Å². The van der Waals surface area contributed by atoms with Gasteiger partial charge in [-0.15, -0.1) is 12.4 Å². The quantitative estimate of drug-likeness (QED) is 0.855. The fraction of sp³-hybridized carbons (Fsp3) is 0.500. The zero-order valence-corrected chi connectivity index (χ0v) is 14.1. The summed E-state index contributed by atoms with van der Waals surface area (Å²) in [6.45, 7) is 5.50. The smallest absolute Gasteiger partial charge is 0.224 e. The average Bonchev–Trinajstić information content (AvgIpc) is 2.34. The number of carbonyl (C=O) groups excluding carboxylic acids is 1. The summed E-state index contributed by atoms with van der Waals surface area (Å²) in [5.41, 5.74) is 1.16. The van der Waals surface area contributed by atoms with Gasteiger partial charge in [-0.05, 0) is 38.6 Å². The molecule has 0 heterocycles. The lowest BCUT2D eigenvalue weighted by Crippen LogP contribution is -2.37. The van der Waals surface area contributed by atoms with Gasteiger partial charge in [0.2, 0.25) is 5.91 Å². The summed E-state index contributed by atoms with van der Waals surface area (Å²) < 4.78 is 1.06. The largest absolute Gasteiger partial charge is 0.336 e. The van der Waals surface area contributed by atoms with E-state index in [0.717, 1.165) is 16.6 Å². The Kier molecular flexibility index (Phi) is 9.06. The lowest BCUT2D eigenvalue weighted by molar-refractivity contribution is -0.133. The second-order valence-electron chi connectivity index (χ2n) is 4.60. The van der Waals surface area contributed by atoms with Crippen LogP contribution in [0.3, 0.4) is 0 Å². The second-order valence-corrected chi connectivity index (χ2v) is 5.51. The Morgan fingerprint density at radius 1 is 1.32 bits per heavy atom. The third-order valence-electron chi connectivity index (χ3n) is 2.80. The van der Waals surface area contributed by atoms with Crippen LogP contribution in [0, 0.1) is 0 Å². The molecule has 0 unspecified atom stereocenters. The van der Waals surface area contributed by atoms with E-state index in [1.54, 1.807) is 0 Å². The molecule has 5 heteroatoms. The molecule has 1 amide bonds. The summed E-state index contributed by atoms with van der Waals surface area (Å²) in [6, 6.07) is 8.32. The summed E-state index contributed by atoms with van der Waals surface area (Å²) in [6.07, 6.45) is 0.547. The van der Waals surface area contributed by atoms with E-state index in [9.17, 15) is 4.79 Å². The normalized spacial score (nSPS) is 10.2. The number of carbonyl (C=O) groups is 1. The van der Waals surface area contributed by atoms with Gasteiger partial charge in [0.25, 0.3) is 0 Å². The lowest BCUT2D eigenvalue weighted by Gasteiger charge is -2.27. The van der Waals surface area contributed by atoms with E-state index >= 15 is 0 Å². The van der Waals surface area contributed by atoms with Crippen LogP contribution in [-0.2, 0) is 11.3 Å². The van der Waals surface area contributed by atoms with Gasteiger partial charge in [0, 0.05) is 30.0 Å². The molecule has 0 saturated heterocycles. The Morgan fingerprint density at radius 2 is 1.89 bits per heavy atom. The molecule has 0 aliphatic carbocycles. The predicted octanol–water partition coefficient (Wildman–Crippen LogP) is 3.22. The van der Waals surface area contributed by atoms with E-state index in [2.05, 4.69) is 35.1 Å². The molecular weight excluding hydrogens is 328 g/mol. The molecule has 3 nitrogen and oxygen atoms in total. The fourth-order valence-corrected chi connectivity index (χ4v) is 1.99. The fourth-order valence-electron chi connectivity index (χ4n) is 1.72. The van der Waals surface area contributed by atoms with Gasteiger partial charge in [-0.3, -0.25) is 4.79 Å². The number of rotatable bonds is 6. The average molecular weight is 350 g/mol. The monoisotopic (exact) mass is 348 g/mol. The first-order valence-corrected chi connectivity index (χ1v) is 7.02.